The summed E-state index contributed by atoms with van der Waals surface area (Å²) in [5.41, 5.74) is 1.58. The minimum absolute atomic E-state index is 0.135. The number of ether oxygens (including phenoxy) is 1. The predicted molar refractivity (Wildman–Crippen MR) is 88.3 cm³/mol. The molecule has 1 aromatic rings. The van der Waals surface area contributed by atoms with Crippen molar-refractivity contribution in [2.45, 2.75) is 25.6 Å². The topological polar surface area (TPSA) is 33.6 Å². The fraction of sp³-hybridized carbons (Fsp3) is 0.278. The molecule has 1 aliphatic rings. The summed E-state index contributed by atoms with van der Waals surface area (Å²) in [4.78, 5) is 4.03. The lowest BCUT2D eigenvalue weighted by molar-refractivity contribution is -0.137. The number of hydrogen-bond donors (Lipinski definition) is 1. The van der Waals surface area contributed by atoms with E-state index in [0.29, 0.717) is 17.1 Å². The smallest absolute Gasteiger partial charge is 0.416 e. The largest absolute Gasteiger partial charge is 0.473 e. The second-order valence-electron chi connectivity index (χ2n) is 5.23. The molecule has 0 aromatic heterocycles. The Bertz CT molecular complexity index is 670. The van der Waals surface area contributed by atoms with Crippen LogP contribution in [0.3, 0.4) is 0 Å². The molecular weight excluding hydrogens is 317 g/mol. The Morgan fingerprint density at radius 2 is 2.00 bits per heavy atom. The molecule has 3 nitrogen and oxygen atoms in total. The van der Waals surface area contributed by atoms with Crippen molar-refractivity contribution in [2.75, 3.05) is 7.05 Å². The number of aliphatic imine (C=N–C) groups is 1. The zero-order valence-electron chi connectivity index (χ0n) is 13.4. The SMILES string of the molecule is C=N/C(C1=CC=CCC1)=C(/NC)OCc1ccc(C(F)(F)F)cc1. The van der Waals surface area contributed by atoms with Crippen LogP contribution in [0, 0.1) is 0 Å². The van der Waals surface area contributed by atoms with E-state index in [-0.39, 0.29) is 6.61 Å². The van der Waals surface area contributed by atoms with E-state index < -0.39 is 11.7 Å². The maximum absolute atomic E-state index is 12.6. The molecule has 128 valence electrons. The third-order valence-corrected chi connectivity index (χ3v) is 3.58. The lowest BCUT2D eigenvalue weighted by atomic mass is 10.0. The Kier molecular flexibility index (Phi) is 5.84. The number of nitrogens with one attached hydrogen (secondary N) is 1. The Balaban J connectivity index is 2.12. The highest BCUT2D eigenvalue weighted by molar-refractivity contribution is 5.42. The van der Waals surface area contributed by atoms with Gasteiger partial charge in [-0.15, -0.1) is 0 Å². The predicted octanol–water partition coefficient (Wildman–Crippen LogP) is 4.59. The zero-order chi connectivity index (χ0) is 17.6. The van der Waals surface area contributed by atoms with Gasteiger partial charge < -0.3 is 10.1 Å². The first-order chi connectivity index (χ1) is 11.5. The molecule has 24 heavy (non-hydrogen) atoms. The molecule has 0 spiro atoms. The maximum atomic E-state index is 12.6. The monoisotopic (exact) mass is 336 g/mol. The molecule has 2 rings (SSSR count). The minimum atomic E-state index is -4.34. The van der Waals surface area contributed by atoms with Crippen LogP contribution in [-0.4, -0.2) is 13.8 Å². The number of alkyl halides is 3. The number of rotatable bonds is 6. The van der Waals surface area contributed by atoms with E-state index in [1.165, 1.54) is 12.1 Å². The van der Waals surface area contributed by atoms with Crippen LogP contribution in [0.5, 0.6) is 0 Å². The maximum Gasteiger partial charge on any atom is 0.416 e. The first kappa shape index (κ1) is 17.8. The number of hydrogen-bond acceptors (Lipinski definition) is 3. The van der Waals surface area contributed by atoms with Gasteiger partial charge in [0.25, 0.3) is 0 Å². The van der Waals surface area contributed by atoms with Gasteiger partial charge in [0, 0.05) is 7.05 Å². The number of nitrogens with zero attached hydrogens (tertiary/aromatic N) is 1. The summed E-state index contributed by atoms with van der Waals surface area (Å²) in [5, 5.41) is 2.93. The fourth-order valence-corrected chi connectivity index (χ4v) is 2.32. The van der Waals surface area contributed by atoms with E-state index in [1.54, 1.807) is 7.05 Å². The van der Waals surface area contributed by atoms with Gasteiger partial charge in [0.1, 0.15) is 12.3 Å². The zero-order valence-corrected chi connectivity index (χ0v) is 13.4. The normalized spacial score (nSPS) is 15.4. The van der Waals surface area contributed by atoms with Crippen molar-refractivity contribution in [3.63, 3.8) is 0 Å². The summed E-state index contributed by atoms with van der Waals surface area (Å²) in [7, 11) is 1.70. The van der Waals surface area contributed by atoms with Crippen LogP contribution in [0.2, 0.25) is 0 Å². The summed E-state index contributed by atoms with van der Waals surface area (Å²) >= 11 is 0. The van der Waals surface area contributed by atoms with Crippen LogP contribution in [0.4, 0.5) is 13.2 Å². The van der Waals surface area contributed by atoms with Gasteiger partial charge in [-0.25, -0.2) is 0 Å². The van der Waals surface area contributed by atoms with E-state index in [2.05, 4.69) is 23.1 Å². The third kappa shape index (κ3) is 4.50. The molecule has 1 aromatic carbocycles. The van der Waals surface area contributed by atoms with Gasteiger partial charge >= 0.3 is 6.18 Å². The first-order valence-corrected chi connectivity index (χ1v) is 7.49. The summed E-state index contributed by atoms with van der Waals surface area (Å²) in [6.45, 7) is 3.72. The van der Waals surface area contributed by atoms with Crippen LogP contribution in [0.1, 0.15) is 24.0 Å². The van der Waals surface area contributed by atoms with E-state index in [9.17, 15) is 13.2 Å². The summed E-state index contributed by atoms with van der Waals surface area (Å²) < 4.78 is 43.4. The average Bonchev–Trinajstić information content (AvgIpc) is 2.59. The highest BCUT2D eigenvalue weighted by atomic mass is 19.4. The molecule has 6 heteroatoms. The van der Waals surface area contributed by atoms with Gasteiger partial charge in [-0.1, -0.05) is 30.4 Å². The van der Waals surface area contributed by atoms with E-state index in [0.717, 1.165) is 30.5 Å². The van der Waals surface area contributed by atoms with Crippen molar-refractivity contribution in [3.8, 4) is 0 Å². The number of allylic oxidation sites excluding steroid dienone is 4. The molecule has 0 saturated heterocycles. The Morgan fingerprint density at radius 1 is 1.29 bits per heavy atom. The van der Waals surface area contributed by atoms with E-state index in [1.807, 2.05) is 12.2 Å². The average molecular weight is 336 g/mol. The second-order valence-corrected chi connectivity index (χ2v) is 5.23. The lowest BCUT2D eigenvalue weighted by Gasteiger charge is -2.16. The quantitative estimate of drug-likeness (QED) is 0.609. The highest BCUT2D eigenvalue weighted by Crippen LogP contribution is 2.29. The molecule has 0 aliphatic heterocycles. The van der Waals surface area contributed by atoms with Gasteiger partial charge in [-0.2, -0.15) is 13.2 Å². The molecule has 0 atom stereocenters. The fourth-order valence-electron chi connectivity index (χ4n) is 2.32. The first-order valence-electron chi connectivity index (χ1n) is 7.49. The van der Waals surface area contributed by atoms with Crippen LogP contribution >= 0.6 is 0 Å². The van der Waals surface area contributed by atoms with E-state index in [4.69, 9.17) is 4.74 Å². The van der Waals surface area contributed by atoms with Gasteiger partial charge in [-0.3, -0.25) is 4.99 Å². The number of benzene rings is 1. The molecule has 1 N–H and O–H groups in total. The Hall–Kier alpha value is -2.50. The van der Waals surface area contributed by atoms with Gasteiger partial charge in [0.05, 0.1) is 5.56 Å². The van der Waals surface area contributed by atoms with Crippen LogP contribution in [-0.2, 0) is 17.5 Å². The minimum Gasteiger partial charge on any atom is -0.473 e. The van der Waals surface area contributed by atoms with Gasteiger partial charge in [0.15, 0.2) is 0 Å². The highest BCUT2D eigenvalue weighted by Gasteiger charge is 2.29. The van der Waals surface area contributed by atoms with Crippen molar-refractivity contribution in [3.05, 3.63) is 70.8 Å². The van der Waals surface area contributed by atoms with Crippen LogP contribution in [0.15, 0.2) is 64.6 Å². The molecule has 0 amide bonds. The molecule has 0 bridgehead atoms. The summed E-state index contributed by atoms with van der Waals surface area (Å²) in [6.07, 6.45) is 3.38. The van der Waals surface area contributed by atoms with Crippen LogP contribution in [0.25, 0.3) is 0 Å². The van der Waals surface area contributed by atoms with Crippen molar-refractivity contribution in [1.82, 2.24) is 5.32 Å². The summed E-state index contributed by atoms with van der Waals surface area (Å²) in [6, 6.07) is 4.89. The molecule has 0 unspecified atom stereocenters. The molecule has 0 heterocycles. The number of halogens is 3. The van der Waals surface area contributed by atoms with Crippen molar-refractivity contribution < 1.29 is 17.9 Å². The van der Waals surface area contributed by atoms with Crippen molar-refractivity contribution >= 4 is 6.72 Å². The molecule has 0 radical (unpaired) electrons. The van der Waals surface area contributed by atoms with Crippen molar-refractivity contribution in [1.29, 1.82) is 0 Å². The lowest BCUT2D eigenvalue weighted by Crippen LogP contribution is -2.14. The van der Waals surface area contributed by atoms with Gasteiger partial charge in [0.2, 0.25) is 5.88 Å². The van der Waals surface area contributed by atoms with E-state index >= 15 is 0 Å². The summed E-state index contributed by atoms with van der Waals surface area (Å²) in [5.74, 6) is 0.450. The molecule has 1 aliphatic carbocycles. The molecule has 0 saturated carbocycles. The second kappa shape index (κ2) is 7.86. The van der Waals surface area contributed by atoms with Crippen LogP contribution < -0.4 is 5.32 Å². The molecular formula is C18H19F3N2O. The Morgan fingerprint density at radius 3 is 2.50 bits per heavy atom. The third-order valence-electron chi connectivity index (χ3n) is 3.58. The molecule has 0 fully saturated rings. The Labute approximate surface area is 139 Å². The van der Waals surface area contributed by atoms with Gasteiger partial charge in [-0.05, 0) is 42.8 Å². The standard InChI is InChI=1S/C18H19F3N2O/c1-22-16(14-6-4-3-5-7-14)17(23-2)24-12-13-8-10-15(11-9-13)18(19,20)21/h3-4,6,8-11,23H,1,5,7,12H2,2H3/b17-16-. The van der Waals surface area contributed by atoms with Crippen molar-refractivity contribution in [2.24, 2.45) is 4.99 Å².